The molecule has 0 bridgehead atoms. The van der Waals surface area contributed by atoms with Gasteiger partial charge in [-0.25, -0.2) is 0 Å². The van der Waals surface area contributed by atoms with Gasteiger partial charge in [-0.05, 0) is 37.0 Å². The van der Waals surface area contributed by atoms with Crippen LogP contribution in [0.3, 0.4) is 0 Å². The molecule has 0 radical (unpaired) electrons. The third-order valence-corrected chi connectivity index (χ3v) is 3.78. The fourth-order valence-electron chi connectivity index (χ4n) is 2.52. The molecule has 1 aromatic carbocycles. The highest BCUT2D eigenvalue weighted by atomic mass is 16.5. The van der Waals surface area contributed by atoms with Gasteiger partial charge in [0, 0.05) is 12.5 Å². The van der Waals surface area contributed by atoms with E-state index in [1.807, 2.05) is 24.3 Å². The summed E-state index contributed by atoms with van der Waals surface area (Å²) in [6, 6.07) is 7.48. The summed E-state index contributed by atoms with van der Waals surface area (Å²) in [5, 5.41) is 11.8. The minimum atomic E-state index is -0.796. The van der Waals surface area contributed by atoms with Gasteiger partial charge in [-0.2, -0.15) is 0 Å². The van der Waals surface area contributed by atoms with Crippen molar-refractivity contribution in [3.05, 3.63) is 29.8 Å². The van der Waals surface area contributed by atoms with E-state index in [0.717, 1.165) is 11.3 Å². The second-order valence-electron chi connectivity index (χ2n) is 5.11. The van der Waals surface area contributed by atoms with Gasteiger partial charge in [-0.15, -0.1) is 0 Å². The van der Waals surface area contributed by atoms with Crippen LogP contribution in [0, 0.1) is 11.8 Å². The van der Waals surface area contributed by atoms with E-state index in [1.54, 1.807) is 7.11 Å². The molecule has 108 valence electrons. The number of hydrogen-bond acceptors (Lipinski definition) is 3. The second kappa shape index (κ2) is 6.41. The van der Waals surface area contributed by atoms with Crippen LogP contribution in [0.2, 0.25) is 0 Å². The minimum Gasteiger partial charge on any atom is -0.497 e. The number of hydrogen-bond donors (Lipinski definition) is 2. The molecule has 5 heteroatoms. The number of rotatable bonds is 5. The summed E-state index contributed by atoms with van der Waals surface area (Å²) < 4.78 is 5.07. The summed E-state index contributed by atoms with van der Waals surface area (Å²) >= 11 is 0. The van der Waals surface area contributed by atoms with Gasteiger partial charge in [-0.3, -0.25) is 9.59 Å². The molecule has 0 saturated heterocycles. The van der Waals surface area contributed by atoms with Crippen LogP contribution in [0.25, 0.3) is 0 Å². The lowest BCUT2D eigenvalue weighted by Crippen LogP contribution is -2.29. The van der Waals surface area contributed by atoms with Crippen molar-refractivity contribution in [1.29, 1.82) is 0 Å². The van der Waals surface area contributed by atoms with Crippen LogP contribution in [-0.4, -0.2) is 24.1 Å². The van der Waals surface area contributed by atoms with Crippen LogP contribution >= 0.6 is 0 Å². The third-order valence-electron chi connectivity index (χ3n) is 3.78. The Hall–Kier alpha value is -2.04. The second-order valence-corrected chi connectivity index (χ2v) is 5.11. The molecular formula is C15H19NO4. The summed E-state index contributed by atoms with van der Waals surface area (Å²) in [5.74, 6) is -0.610. The lowest BCUT2D eigenvalue weighted by molar-refractivity contribution is -0.141. The Labute approximate surface area is 117 Å². The number of amides is 1. The molecule has 0 heterocycles. The van der Waals surface area contributed by atoms with Crippen LogP contribution in [0.4, 0.5) is 0 Å². The normalized spacial score (nSPS) is 21.4. The zero-order valence-electron chi connectivity index (χ0n) is 11.5. The first-order chi connectivity index (χ1) is 9.60. The quantitative estimate of drug-likeness (QED) is 0.860. The highest BCUT2D eigenvalue weighted by molar-refractivity contribution is 5.80. The number of ether oxygens (including phenoxy) is 1. The van der Waals surface area contributed by atoms with Gasteiger partial charge in [-0.1, -0.05) is 12.1 Å². The maximum Gasteiger partial charge on any atom is 0.306 e. The molecule has 1 aliphatic carbocycles. The molecule has 0 aromatic heterocycles. The Balaban J connectivity index is 1.81. The van der Waals surface area contributed by atoms with Crippen molar-refractivity contribution < 1.29 is 19.4 Å². The SMILES string of the molecule is COc1ccc(CNC(=O)C2CCC(C(=O)O)C2)cc1. The van der Waals surface area contributed by atoms with Crippen molar-refractivity contribution in [2.45, 2.75) is 25.8 Å². The van der Waals surface area contributed by atoms with E-state index in [2.05, 4.69) is 5.32 Å². The molecule has 5 nitrogen and oxygen atoms in total. The Kier molecular flexibility index (Phi) is 4.61. The van der Waals surface area contributed by atoms with Crippen molar-refractivity contribution in [3.8, 4) is 5.75 Å². The maximum atomic E-state index is 12.0. The van der Waals surface area contributed by atoms with E-state index < -0.39 is 5.97 Å². The van der Waals surface area contributed by atoms with E-state index in [0.29, 0.717) is 25.8 Å². The molecule has 1 aliphatic rings. The first-order valence-corrected chi connectivity index (χ1v) is 6.73. The Bertz CT molecular complexity index is 483. The van der Waals surface area contributed by atoms with E-state index in [1.165, 1.54) is 0 Å². The topological polar surface area (TPSA) is 75.6 Å². The van der Waals surface area contributed by atoms with Gasteiger partial charge >= 0.3 is 5.97 Å². The number of aliphatic carboxylic acids is 1. The smallest absolute Gasteiger partial charge is 0.306 e. The summed E-state index contributed by atoms with van der Waals surface area (Å²) in [7, 11) is 1.61. The fourth-order valence-corrected chi connectivity index (χ4v) is 2.52. The largest absolute Gasteiger partial charge is 0.497 e. The van der Waals surface area contributed by atoms with Crippen LogP contribution in [0.5, 0.6) is 5.75 Å². The Morgan fingerprint density at radius 3 is 2.45 bits per heavy atom. The van der Waals surface area contributed by atoms with E-state index in [9.17, 15) is 9.59 Å². The number of carbonyl (C=O) groups excluding carboxylic acids is 1. The molecule has 1 fully saturated rings. The molecule has 2 unspecified atom stereocenters. The van der Waals surface area contributed by atoms with Gasteiger partial charge in [0.25, 0.3) is 0 Å². The average Bonchev–Trinajstić information content (AvgIpc) is 2.95. The van der Waals surface area contributed by atoms with Gasteiger partial charge in [0.1, 0.15) is 5.75 Å². The molecule has 2 atom stereocenters. The van der Waals surface area contributed by atoms with Crippen molar-refractivity contribution >= 4 is 11.9 Å². The lowest BCUT2D eigenvalue weighted by atomic mass is 10.0. The van der Waals surface area contributed by atoms with Gasteiger partial charge in [0.2, 0.25) is 5.91 Å². The number of methoxy groups -OCH3 is 1. The fraction of sp³-hybridized carbons (Fsp3) is 0.467. The maximum absolute atomic E-state index is 12.0. The predicted molar refractivity (Wildman–Crippen MR) is 73.3 cm³/mol. The van der Waals surface area contributed by atoms with Crippen molar-refractivity contribution in [3.63, 3.8) is 0 Å². The first kappa shape index (κ1) is 14.4. The number of carbonyl (C=O) groups is 2. The molecule has 1 saturated carbocycles. The van der Waals surface area contributed by atoms with Crippen molar-refractivity contribution in [2.75, 3.05) is 7.11 Å². The van der Waals surface area contributed by atoms with Gasteiger partial charge < -0.3 is 15.2 Å². The third kappa shape index (κ3) is 3.50. The number of carboxylic acid groups (broad SMARTS) is 1. The standard InChI is InChI=1S/C15H19NO4/c1-20-13-6-2-10(3-7-13)9-16-14(17)11-4-5-12(8-11)15(18)19/h2-3,6-7,11-12H,4-5,8-9H2,1H3,(H,16,17)(H,18,19). The number of nitrogens with one attached hydrogen (secondary N) is 1. The minimum absolute atomic E-state index is 0.0513. The molecule has 0 spiro atoms. The van der Waals surface area contributed by atoms with Crippen LogP contribution in [0.1, 0.15) is 24.8 Å². The monoisotopic (exact) mass is 277 g/mol. The summed E-state index contributed by atoms with van der Waals surface area (Å²) in [6.45, 7) is 0.455. The highest BCUT2D eigenvalue weighted by Gasteiger charge is 2.33. The summed E-state index contributed by atoms with van der Waals surface area (Å²) in [4.78, 5) is 22.8. The molecule has 1 aromatic rings. The lowest BCUT2D eigenvalue weighted by Gasteiger charge is -2.11. The molecule has 2 N–H and O–H groups in total. The molecule has 20 heavy (non-hydrogen) atoms. The summed E-state index contributed by atoms with van der Waals surface area (Å²) in [6.07, 6.45) is 1.70. The molecular weight excluding hydrogens is 258 g/mol. The molecule has 2 rings (SSSR count). The van der Waals surface area contributed by atoms with Crippen molar-refractivity contribution in [2.24, 2.45) is 11.8 Å². The van der Waals surface area contributed by atoms with Crippen LogP contribution in [0.15, 0.2) is 24.3 Å². The van der Waals surface area contributed by atoms with Crippen molar-refractivity contribution in [1.82, 2.24) is 5.32 Å². The Morgan fingerprint density at radius 1 is 1.25 bits per heavy atom. The van der Waals surface area contributed by atoms with E-state index in [4.69, 9.17) is 9.84 Å². The molecule has 1 amide bonds. The van der Waals surface area contributed by atoms with Crippen LogP contribution in [-0.2, 0) is 16.1 Å². The predicted octanol–water partition coefficient (Wildman–Crippen LogP) is 1.81. The summed E-state index contributed by atoms with van der Waals surface area (Å²) in [5.41, 5.74) is 0.993. The highest BCUT2D eigenvalue weighted by Crippen LogP contribution is 2.31. The van der Waals surface area contributed by atoms with Crippen LogP contribution < -0.4 is 10.1 Å². The van der Waals surface area contributed by atoms with E-state index in [-0.39, 0.29) is 17.7 Å². The zero-order chi connectivity index (χ0) is 14.5. The zero-order valence-corrected chi connectivity index (χ0v) is 11.5. The van der Waals surface area contributed by atoms with E-state index >= 15 is 0 Å². The number of benzene rings is 1. The molecule has 0 aliphatic heterocycles. The Morgan fingerprint density at radius 2 is 1.90 bits per heavy atom. The van der Waals surface area contributed by atoms with Gasteiger partial charge in [0.15, 0.2) is 0 Å². The average molecular weight is 277 g/mol. The number of carboxylic acids is 1. The first-order valence-electron chi connectivity index (χ1n) is 6.73. The van der Waals surface area contributed by atoms with Gasteiger partial charge in [0.05, 0.1) is 13.0 Å².